The summed E-state index contributed by atoms with van der Waals surface area (Å²) in [5.74, 6) is -5.66. The molecule has 0 unspecified atom stereocenters. The zero-order chi connectivity index (χ0) is 49.0. The van der Waals surface area contributed by atoms with Crippen molar-refractivity contribution in [1.82, 2.24) is 5.32 Å². The second kappa shape index (κ2) is 17.9. The van der Waals surface area contributed by atoms with Gasteiger partial charge in [-0.3, -0.25) is 9.59 Å². The second-order valence-corrected chi connectivity index (χ2v) is 20.2. The van der Waals surface area contributed by atoms with Gasteiger partial charge in [0, 0.05) is 24.8 Å². The quantitative estimate of drug-likeness (QED) is 0.103. The van der Waals surface area contributed by atoms with Crippen LogP contribution in [0, 0.1) is 22.2 Å². The first kappa shape index (κ1) is 48.9. The van der Waals surface area contributed by atoms with Gasteiger partial charge in [-0.15, -0.1) is 0 Å². The molecule has 3 fully saturated rings. The maximum Gasteiger partial charge on any atom is 0.408 e. The third-order valence-electron chi connectivity index (χ3n) is 14.6. The number of ketones is 1. The lowest BCUT2D eigenvalue weighted by molar-refractivity contribution is -0.671. The van der Waals surface area contributed by atoms with Gasteiger partial charge in [-0.05, 0) is 81.4 Å². The molecule has 2 heterocycles. The molecule has 2 aromatic carbocycles. The van der Waals surface area contributed by atoms with E-state index in [1.54, 1.807) is 133 Å². The average molecular weight is 926 g/mol. The number of pyridine rings is 1. The molecule has 1 aromatic heterocycles. The van der Waals surface area contributed by atoms with Gasteiger partial charge < -0.3 is 44.0 Å². The topological polar surface area (TPSA) is 214 Å². The van der Waals surface area contributed by atoms with Crippen LogP contribution >= 0.6 is 0 Å². The van der Waals surface area contributed by atoms with E-state index in [4.69, 9.17) is 28.4 Å². The van der Waals surface area contributed by atoms with Crippen molar-refractivity contribution in [3.05, 3.63) is 113 Å². The number of benzene rings is 2. The number of rotatable bonds is 10. The van der Waals surface area contributed by atoms with Gasteiger partial charge in [0.1, 0.15) is 48.7 Å². The van der Waals surface area contributed by atoms with E-state index in [1.807, 2.05) is 0 Å². The number of amides is 1. The molecule has 3 N–H and O–H groups in total. The van der Waals surface area contributed by atoms with Gasteiger partial charge in [0.2, 0.25) is 6.10 Å². The van der Waals surface area contributed by atoms with Crippen LogP contribution in [0.25, 0.3) is 0 Å². The van der Waals surface area contributed by atoms with E-state index in [0.29, 0.717) is 5.56 Å². The molecule has 1 amide bonds. The number of carbonyl (C=O) groups excluding carboxylic acids is 6. The van der Waals surface area contributed by atoms with E-state index in [1.165, 1.54) is 26.1 Å². The van der Waals surface area contributed by atoms with E-state index in [-0.39, 0.29) is 41.7 Å². The molecule has 358 valence electrons. The van der Waals surface area contributed by atoms with Crippen LogP contribution in [0.2, 0.25) is 0 Å². The highest BCUT2D eigenvalue weighted by atomic mass is 16.6. The van der Waals surface area contributed by atoms with Crippen LogP contribution < -0.4 is 9.88 Å². The summed E-state index contributed by atoms with van der Waals surface area (Å²) in [6, 6.07) is 18.3. The molecule has 2 bridgehead atoms. The lowest BCUT2D eigenvalue weighted by Gasteiger charge is -2.68. The molecular weight excluding hydrogens is 865 g/mol. The van der Waals surface area contributed by atoms with Crippen molar-refractivity contribution in [2.45, 2.75) is 129 Å². The first-order valence-corrected chi connectivity index (χ1v) is 22.5. The predicted octanol–water partition coefficient (Wildman–Crippen LogP) is 5.22. The van der Waals surface area contributed by atoms with Gasteiger partial charge >= 0.3 is 30.0 Å². The number of fused-ring (bicyclic) bond motifs is 5. The lowest BCUT2D eigenvalue weighted by Crippen LogP contribution is -2.80. The first-order valence-electron chi connectivity index (χ1n) is 22.5. The molecule has 1 saturated heterocycles. The SMILES string of the molecule is CC(=O)O[C@@]12CO[C@@H]1C[C@H](O)[C@@]1(C)C(=O)[C@H](O)C3=C(C)[C@@H](OC(=O)[C@H](OC(=O)c4ccc[n+](C)c4)[C@@H](NC(=O)OC(C)(C)C)c4ccccc4)C[C@@](C)([C@@H](OC(=O)c4ccccc4)[C@H]21)C3(C)C. The number of aliphatic hydroxyl groups excluding tert-OH is 2. The Bertz CT molecular complexity index is 2470. The van der Waals surface area contributed by atoms with Crippen LogP contribution in [0.4, 0.5) is 4.79 Å². The molecule has 16 heteroatoms. The average Bonchev–Trinajstić information content (AvgIpc) is 3.25. The fourth-order valence-corrected chi connectivity index (χ4v) is 10.9. The maximum atomic E-state index is 15.3. The van der Waals surface area contributed by atoms with Gasteiger partial charge in [-0.25, -0.2) is 23.7 Å². The summed E-state index contributed by atoms with van der Waals surface area (Å²) in [5, 5.41) is 27.3. The number of nitrogens with one attached hydrogen (secondary N) is 1. The molecule has 67 heavy (non-hydrogen) atoms. The normalized spacial score (nSPS) is 30.6. The summed E-state index contributed by atoms with van der Waals surface area (Å²) in [7, 11) is 1.70. The Morgan fingerprint density at radius 1 is 0.881 bits per heavy atom. The molecule has 1 aliphatic heterocycles. The Labute approximate surface area is 389 Å². The monoisotopic (exact) mass is 925 g/mol. The fourth-order valence-electron chi connectivity index (χ4n) is 10.9. The van der Waals surface area contributed by atoms with Gasteiger partial charge in [-0.2, -0.15) is 0 Å². The summed E-state index contributed by atoms with van der Waals surface area (Å²) in [6.45, 7) is 14.5. The standard InChI is InChI=1S/C51H60N2O14/c1-28-33(63-45(60)39(64-44(59)32-22-17-23-53(10)26-32)37(30-18-13-11-14-19-30)52-46(61)67-47(3,4)5)25-49(8)42(65-43(58)31-20-15-12-16-21-31)40-50(9,41(57)38(56)36(28)48(49,6)7)34(55)24-35-51(40,27-62-35)66-29(2)54/h11-23,26,33-35,37-40,42,55-56H,24-25,27H2,1-10H3/p+1/t33-,34-,35+,37-,38+,39+,40-,42-,49-,50+,51-/m0/s1. The Hall–Kier alpha value is -5.97. The summed E-state index contributed by atoms with van der Waals surface area (Å²) in [5.41, 5.74) is -6.08. The van der Waals surface area contributed by atoms with Gasteiger partial charge in [0.05, 0.1) is 29.6 Å². The van der Waals surface area contributed by atoms with Crippen molar-refractivity contribution in [2.24, 2.45) is 29.2 Å². The number of nitrogens with zero attached hydrogens (tertiary/aromatic N) is 1. The molecule has 4 aliphatic rings. The Balaban J connectivity index is 1.39. The zero-order valence-electron chi connectivity index (χ0n) is 39.6. The molecule has 16 nitrogen and oxygen atoms in total. The second-order valence-electron chi connectivity index (χ2n) is 20.2. The number of aromatic nitrogens is 1. The van der Waals surface area contributed by atoms with Crippen molar-refractivity contribution < 1.29 is 72.0 Å². The molecule has 3 aliphatic carbocycles. The van der Waals surface area contributed by atoms with Crippen molar-refractivity contribution in [2.75, 3.05) is 6.61 Å². The van der Waals surface area contributed by atoms with Gasteiger partial charge in [0.25, 0.3) is 0 Å². The number of hydrogen-bond donors (Lipinski definition) is 3. The van der Waals surface area contributed by atoms with Crippen LogP contribution in [0.3, 0.4) is 0 Å². The molecule has 0 radical (unpaired) electrons. The Morgan fingerprint density at radius 2 is 1.51 bits per heavy atom. The third kappa shape index (κ3) is 8.75. The zero-order valence-corrected chi connectivity index (χ0v) is 39.6. The Morgan fingerprint density at radius 3 is 2.09 bits per heavy atom. The van der Waals surface area contributed by atoms with E-state index in [9.17, 15) is 29.4 Å². The minimum Gasteiger partial charge on any atom is -0.458 e. The predicted molar refractivity (Wildman–Crippen MR) is 238 cm³/mol. The van der Waals surface area contributed by atoms with Gasteiger partial charge in [-0.1, -0.05) is 69.3 Å². The van der Waals surface area contributed by atoms with Crippen LogP contribution in [-0.2, 0) is 49.9 Å². The van der Waals surface area contributed by atoms with Crippen LogP contribution in [0.1, 0.15) is 107 Å². The minimum absolute atomic E-state index is 0.0850. The van der Waals surface area contributed by atoms with E-state index in [0.717, 1.165) is 0 Å². The van der Waals surface area contributed by atoms with Crippen molar-refractivity contribution in [3.63, 3.8) is 0 Å². The number of hydrogen-bond acceptors (Lipinski definition) is 14. The lowest BCUT2D eigenvalue weighted by atomic mass is 9.42. The number of aliphatic hydroxyl groups is 2. The summed E-state index contributed by atoms with van der Waals surface area (Å²) < 4.78 is 38.5. The molecule has 7 rings (SSSR count). The summed E-state index contributed by atoms with van der Waals surface area (Å²) >= 11 is 0. The number of carbonyl (C=O) groups is 6. The van der Waals surface area contributed by atoms with E-state index in [2.05, 4.69) is 5.32 Å². The first-order chi connectivity index (χ1) is 31.4. The maximum absolute atomic E-state index is 15.3. The van der Waals surface area contributed by atoms with Crippen LogP contribution in [0.5, 0.6) is 0 Å². The largest absolute Gasteiger partial charge is 0.458 e. The summed E-state index contributed by atoms with van der Waals surface area (Å²) in [6.07, 6.45) is -6.83. The van der Waals surface area contributed by atoms with Gasteiger partial charge in [0.15, 0.2) is 23.8 Å². The molecule has 3 aromatic rings. The van der Waals surface area contributed by atoms with Crippen LogP contribution in [-0.4, -0.2) is 100 Å². The van der Waals surface area contributed by atoms with Crippen molar-refractivity contribution in [1.29, 1.82) is 0 Å². The van der Waals surface area contributed by atoms with E-state index < -0.39 is 112 Å². The highest BCUT2D eigenvalue weighted by molar-refractivity contribution is 5.94. The number of Topliss-reactive ketones (excluding diaryl/α,β-unsaturated/α-hetero) is 1. The smallest absolute Gasteiger partial charge is 0.408 e. The highest BCUT2D eigenvalue weighted by Crippen LogP contribution is 2.67. The Kier molecular flexibility index (Phi) is 13.1. The molecular formula is C51H61N2O14+. The number of esters is 4. The number of aryl methyl sites for hydroxylation is 1. The molecule has 0 spiro atoms. The highest BCUT2D eigenvalue weighted by Gasteiger charge is 2.77. The summed E-state index contributed by atoms with van der Waals surface area (Å²) in [4.78, 5) is 85.5. The fraction of sp³-hybridized carbons (Fsp3) is 0.510. The van der Waals surface area contributed by atoms with E-state index >= 15 is 9.59 Å². The number of alkyl carbamates (subject to hydrolysis) is 1. The minimum atomic E-state index is -1.91. The van der Waals surface area contributed by atoms with Crippen LogP contribution in [0.15, 0.2) is 96.3 Å². The molecule has 2 saturated carbocycles. The van der Waals surface area contributed by atoms with Crippen molar-refractivity contribution >= 4 is 35.8 Å². The van der Waals surface area contributed by atoms with Crippen molar-refractivity contribution in [3.8, 4) is 0 Å². The third-order valence-corrected chi connectivity index (χ3v) is 14.6. The molecule has 11 atom stereocenters. The number of ether oxygens (including phenoxy) is 6.